The number of imidazole rings is 1. The second-order valence-corrected chi connectivity index (χ2v) is 4.69. The molecule has 0 unspecified atom stereocenters. The van der Waals surface area contributed by atoms with Crippen LogP contribution in [0.1, 0.15) is 49.5 Å². The zero-order valence-corrected chi connectivity index (χ0v) is 9.37. The van der Waals surface area contributed by atoms with E-state index in [0.717, 1.165) is 31.2 Å². The Morgan fingerprint density at radius 2 is 2.12 bits per heavy atom. The Labute approximate surface area is 95.3 Å². The van der Waals surface area contributed by atoms with E-state index in [0.29, 0.717) is 11.6 Å². The predicted molar refractivity (Wildman–Crippen MR) is 61.3 cm³/mol. The number of nitriles is 1. The molecule has 3 rings (SSSR count). The van der Waals surface area contributed by atoms with Crippen molar-refractivity contribution in [1.29, 1.82) is 5.26 Å². The summed E-state index contributed by atoms with van der Waals surface area (Å²) in [5.74, 6) is 2.69. The molecule has 2 heterocycles. The van der Waals surface area contributed by atoms with Crippen molar-refractivity contribution in [1.82, 2.24) is 9.55 Å². The molecule has 4 heteroatoms. The third kappa shape index (κ3) is 1.39. The minimum atomic E-state index is 0.584. The smallest absolute Gasteiger partial charge is 0.183 e. The SMILES string of the molecule is N#Cc1nc(C2CCCC2)n2c1NCCC2. The van der Waals surface area contributed by atoms with E-state index in [2.05, 4.69) is 20.9 Å². The molecule has 4 nitrogen and oxygen atoms in total. The number of aromatic nitrogens is 2. The summed E-state index contributed by atoms with van der Waals surface area (Å²) in [4.78, 5) is 4.53. The van der Waals surface area contributed by atoms with Gasteiger partial charge >= 0.3 is 0 Å². The van der Waals surface area contributed by atoms with Crippen molar-refractivity contribution < 1.29 is 0 Å². The molecule has 1 N–H and O–H groups in total. The largest absolute Gasteiger partial charge is 0.369 e. The number of anilines is 1. The maximum Gasteiger partial charge on any atom is 0.183 e. The summed E-state index contributed by atoms with van der Waals surface area (Å²) in [6, 6.07) is 2.20. The van der Waals surface area contributed by atoms with Gasteiger partial charge in [0.2, 0.25) is 0 Å². The highest BCUT2D eigenvalue weighted by atomic mass is 15.2. The lowest BCUT2D eigenvalue weighted by molar-refractivity contribution is 0.554. The molecular formula is C12H16N4. The lowest BCUT2D eigenvalue weighted by Gasteiger charge is -2.20. The maximum atomic E-state index is 9.08. The molecule has 0 saturated heterocycles. The van der Waals surface area contributed by atoms with Gasteiger partial charge in [0.15, 0.2) is 5.69 Å². The Balaban J connectivity index is 2.04. The van der Waals surface area contributed by atoms with Gasteiger partial charge in [0.05, 0.1) is 0 Å². The van der Waals surface area contributed by atoms with Crippen molar-refractivity contribution in [3.05, 3.63) is 11.5 Å². The zero-order valence-electron chi connectivity index (χ0n) is 9.37. The van der Waals surface area contributed by atoms with Gasteiger partial charge in [-0.3, -0.25) is 0 Å². The first-order valence-corrected chi connectivity index (χ1v) is 6.14. The molecule has 0 bridgehead atoms. The lowest BCUT2D eigenvalue weighted by Crippen LogP contribution is -2.19. The minimum Gasteiger partial charge on any atom is -0.369 e. The molecule has 1 aliphatic heterocycles. The Bertz CT molecular complexity index is 435. The Morgan fingerprint density at radius 3 is 2.88 bits per heavy atom. The fourth-order valence-corrected chi connectivity index (χ4v) is 2.89. The summed E-state index contributed by atoms with van der Waals surface area (Å²) in [6.07, 6.45) is 6.22. The summed E-state index contributed by atoms with van der Waals surface area (Å²) in [5.41, 5.74) is 0.585. The topological polar surface area (TPSA) is 53.6 Å². The van der Waals surface area contributed by atoms with Crippen LogP contribution in [0.25, 0.3) is 0 Å². The molecule has 0 aromatic carbocycles. The van der Waals surface area contributed by atoms with E-state index in [1.54, 1.807) is 0 Å². The highest BCUT2D eigenvalue weighted by molar-refractivity contribution is 5.51. The van der Waals surface area contributed by atoms with Crippen LogP contribution < -0.4 is 5.32 Å². The zero-order chi connectivity index (χ0) is 11.0. The first-order valence-electron chi connectivity index (χ1n) is 6.14. The number of fused-ring (bicyclic) bond motifs is 1. The van der Waals surface area contributed by atoms with Crippen LogP contribution in [0, 0.1) is 11.3 Å². The summed E-state index contributed by atoms with van der Waals surface area (Å²) < 4.78 is 2.23. The van der Waals surface area contributed by atoms with Gasteiger partial charge in [0, 0.05) is 19.0 Å². The molecule has 1 aromatic heterocycles. The Kier molecular flexibility index (Phi) is 2.32. The fourth-order valence-electron chi connectivity index (χ4n) is 2.89. The van der Waals surface area contributed by atoms with Gasteiger partial charge in [-0.05, 0) is 19.3 Å². The molecule has 1 fully saturated rings. The van der Waals surface area contributed by atoms with Crippen molar-refractivity contribution in [2.45, 2.75) is 44.6 Å². The van der Waals surface area contributed by atoms with Gasteiger partial charge in [0.1, 0.15) is 17.7 Å². The first kappa shape index (κ1) is 9.71. The van der Waals surface area contributed by atoms with E-state index >= 15 is 0 Å². The van der Waals surface area contributed by atoms with E-state index in [1.165, 1.54) is 25.7 Å². The number of nitrogens with zero attached hydrogens (tertiary/aromatic N) is 3. The molecule has 1 saturated carbocycles. The van der Waals surface area contributed by atoms with Crippen molar-refractivity contribution in [3.63, 3.8) is 0 Å². The normalized spacial score (nSPS) is 20.2. The molecule has 0 spiro atoms. The van der Waals surface area contributed by atoms with Crippen molar-refractivity contribution in [2.24, 2.45) is 0 Å². The van der Waals surface area contributed by atoms with Crippen LogP contribution in [0.4, 0.5) is 5.82 Å². The third-order valence-electron chi connectivity index (χ3n) is 3.67. The first-order chi connectivity index (χ1) is 7.90. The van der Waals surface area contributed by atoms with Crippen LogP contribution in [0.5, 0.6) is 0 Å². The number of hydrogen-bond donors (Lipinski definition) is 1. The second-order valence-electron chi connectivity index (χ2n) is 4.69. The predicted octanol–water partition coefficient (Wildman–Crippen LogP) is 2.23. The van der Waals surface area contributed by atoms with Crippen molar-refractivity contribution >= 4 is 5.82 Å². The van der Waals surface area contributed by atoms with Gasteiger partial charge in [-0.15, -0.1) is 0 Å². The van der Waals surface area contributed by atoms with E-state index < -0.39 is 0 Å². The lowest BCUT2D eigenvalue weighted by atomic mass is 10.1. The third-order valence-corrected chi connectivity index (χ3v) is 3.67. The quantitative estimate of drug-likeness (QED) is 0.783. The van der Waals surface area contributed by atoms with Gasteiger partial charge < -0.3 is 9.88 Å². The van der Waals surface area contributed by atoms with Gasteiger partial charge in [-0.2, -0.15) is 5.26 Å². The standard InChI is InChI=1S/C12H16N4/c13-8-10-12-14-6-3-7-16(12)11(15-10)9-4-1-2-5-9/h9,14H,1-7H2. The van der Waals surface area contributed by atoms with Gasteiger partial charge in [-0.25, -0.2) is 4.98 Å². The van der Waals surface area contributed by atoms with E-state index in [4.69, 9.17) is 5.26 Å². The van der Waals surface area contributed by atoms with Crippen molar-refractivity contribution in [2.75, 3.05) is 11.9 Å². The molecule has 1 aliphatic carbocycles. The average Bonchev–Trinajstić information content (AvgIpc) is 2.95. The summed E-state index contributed by atoms with van der Waals surface area (Å²) in [5, 5.41) is 12.4. The van der Waals surface area contributed by atoms with Crippen LogP contribution in [0.15, 0.2) is 0 Å². The summed E-state index contributed by atoms with van der Waals surface area (Å²) in [6.45, 7) is 1.98. The van der Waals surface area contributed by atoms with Gasteiger partial charge in [-0.1, -0.05) is 12.8 Å². The highest BCUT2D eigenvalue weighted by Gasteiger charge is 2.27. The van der Waals surface area contributed by atoms with E-state index in [1.807, 2.05) is 0 Å². The number of hydrogen-bond acceptors (Lipinski definition) is 3. The Morgan fingerprint density at radius 1 is 1.31 bits per heavy atom. The van der Waals surface area contributed by atoms with Crippen LogP contribution in [0.3, 0.4) is 0 Å². The molecule has 1 aromatic rings. The van der Waals surface area contributed by atoms with Crippen LogP contribution in [-0.2, 0) is 6.54 Å². The molecular weight excluding hydrogens is 200 g/mol. The van der Waals surface area contributed by atoms with Gasteiger partial charge in [0.25, 0.3) is 0 Å². The average molecular weight is 216 g/mol. The molecule has 2 aliphatic rings. The van der Waals surface area contributed by atoms with E-state index in [9.17, 15) is 0 Å². The number of nitrogens with one attached hydrogen (secondary N) is 1. The molecule has 0 radical (unpaired) electrons. The second kappa shape index (κ2) is 3.82. The Hall–Kier alpha value is -1.50. The van der Waals surface area contributed by atoms with Crippen molar-refractivity contribution in [3.8, 4) is 6.07 Å². The molecule has 84 valence electrons. The summed E-state index contributed by atoms with van der Waals surface area (Å²) in [7, 11) is 0. The summed E-state index contributed by atoms with van der Waals surface area (Å²) >= 11 is 0. The van der Waals surface area contributed by atoms with Crippen LogP contribution in [-0.4, -0.2) is 16.1 Å². The fraction of sp³-hybridized carbons (Fsp3) is 0.667. The molecule has 0 amide bonds. The minimum absolute atomic E-state index is 0.584. The molecule has 16 heavy (non-hydrogen) atoms. The van der Waals surface area contributed by atoms with E-state index in [-0.39, 0.29) is 0 Å². The highest BCUT2D eigenvalue weighted by Crippen LogP contribution is 2.36. The van der Waals surface area contributed by atoms with Crippen LogP contribution >= 0.6 is 0 Å². The molecule has 0 atom stereocenters. The monoisotopic (exact) mass is 216 g/mol. The number of rotatable bonds is 1. The van der Waals surface area contributed by atoms with Crippen LogP contribution in [0.2, 0.25) is 0 Å². The maximum absolute atomic E-state index is 9.08.